The van der Waals surface area contributed by atoms with Gasteiger partial charge in [-0.3, -0.25) is 4.79 Å². The van der Waals surface area contributed by atoms with Crippen LogP contribution in [0.1, 0.15) is 31.7 Å². The van der Waals surface area contributed by atoms with Crippen molar-refractivity contribution in [2.24, 2.45) is 11.8 Å². The number of hydrogen-bond acceptors (Lipinski definition) is 2. The van der Waals surface area contributed by atoms with Gasteiger partial charge in [0.1, 0.15) is 0 Å². The van der Waals surface area contributed by atoms with Crippen LogP contribution in [-0.2, 0) is 4.79 Å². The molecule has 1 aromatic rings. The van der Waals surface area contributed by atoms with Crippen molar-refractivity contribution in [2.45, 2.75) is 33.1 Å². The van der Waals surface area contributed by atoms with Crippen LogP contribution in [0, 0.1) is 18.8 Å². The Balaban J connectivity index is 0.00000220. The van der Waals surface area contributed by atoms with Crippen LogP contribution in [0.2, 0.25) is 5.02 Å². The zero-order chi connectivity index (χ0) is 14.5. The SMILES string of the molecule is Cc1ccc(NC(=O)CC(C)C2CCCNC2)cc1Cl.Cl. The average Bonchev–Trinajstić information content (AvgIpc) is 2.44. The molecule has 0 aromatic heterocycles. The molecule has 5 heteroatoms. The molecule has 1 fully saturated rings. The van der Waals surface area contributed by atoms with E-state index >= 15 is 0 Å². The lowest BCUT2D eigenvalue weighted by Gasteiger charge is -2.28. The number of piperidine rings is 1. The number of anilines is 1. The lowest BCUT2D eigenvalue weighted by molar-refractivity contribution is -0.117. The Morgan fingerprint density at radius 1 is 1.52 bits per heavy atom. The van der Waals surface area contributed by atoms with Crippen LogP contribution < -0.4 is 10.6 Å². The van der Waals surface area contributed by atoms with Gasteiger partial charge in [0.05, 0.1) is 0 Å². The molecule has 2 unspecified atom stereocenters. The van der Waals surface area contributed by atoms with Crippen molar-refractivity contribution in [3.63, 3.8) is 0 Å². The second-order valence-electron chi connectivity index (χ2n) is 5.80. The molecule has 21 heavy (non-hydrogen) atoms. The highest BCUT2D eigenvalue weighted by Gasteiger charge is 2.22. The van der Waals surface area contributed by atoms with Gasteiger partial charge >= 0.3 is 0 Å². The number of halogens is 2. The van der Waals surface area contributed by atoms with Crippen LogP contribution in [0.4, 0.5) is 5.69 Å². The lowest BCUT2D eigenvalue weighted by Crippen LogP contribution is -2.34. The summed E-state index contributed by atoms with van der Waals surface area (Å²) in [5.41, 5.74) is 1.80. The van der Waals surface area contributed by atoms with Crippen LogP contribution in [0.25, 0.3) is 0 Å². The molecule has 118 valence electrons. The van der Waals surface area contributed by atoms with Gasteiger partial charge < -0.3 is 10.6 Å². The van der Waals surface area contributed by atoms with Gasteiger partial charge in [-0.2, -0.15) is 0 Å². The molecule has 2 N–H and O–H groups in total. The topological polar surface area (TPSA) is 41.1 Å². The smallest absolute Gasteiger partial charge is 0.224 e. The third-order valence-corrected chi connectivity index (χ3v) is 4.51. The van der Waals surface area contributed by atoms with Crippen LogP contribution in [0.5, 0.6) is 0 Å². The summed E-state index contributed by atoms with van der Waals surface area (Å²) in [6.45, 7) is 6.26. The maximum Gasteiger partial charge on any atom is 0.224 e. The van der Waals surface area contributed by atoms with Gasteiger partial charge in [0, 0.05) is 17.1 Å². The van der Waals surface area contributed by atoms with Crippen molar-refractivity contribution < 1.29 is 4.79 Å². The predicted octanol–water partition coefficient (Wildman–Crippen LogP) is 4.03. The largest absolute Gasteiger partial charge is 0.326 e. The molecule has 1 aliphatic heterocycles. The Hall–Kier alpha value is -0.770. The molecule has 0 spiro atoms. The summed E-state index contributed by atoms with van der Waals surface area (Å²) in [6, 6.07) is 5.62. The summed E-state index contributed by atoms with van der Waals surface area (Å²) in [4.78, 5) is 12.1. The molecule has 1 saturated heterocycles. The third kappa shape index (κ3) is 5.50. The van der Waals surface area contributed by atoms with E-state index in [1.54, 1.807) is 0 Å². The monoisotopic (exact) mass is 330 g/mol. The molecule has 0 aliphatic carbocycles. The first-order valence-electron chi connectivity index (χ1n) is 7.33. The van der Waals surface area contributed by atoms with Gasteiger partial charge in [-0.25, -0.2) is 0 Å². The standard InChI is InChI=1S/C16H23ClN2O.ClH/c1-11-5-6-14(9-15(11)17)19-16(20)8-12(2)13-4-3-7-18-10-13;/h5-6,9,12-13,18H,3-4,7-8,10H2,1-2H3,(H,19,20);1H. The van der Waals surface area contributed by atoms with E-state index in [9.17, 15) is 4.79 Å². The molecule has 2 atom stereocenters. The van der Waals surface area contributed by atoms with Gasteiger partial charge in [0.25, 0.3) is 0 Å². The zero-order valence-electron chi connectivity index (χ0n) is 12.6. The Morgan fingerprint density at radius 3 is 2.90 bits per heavy atom. The Labute approximate surface area is 138 Å². The van der Waals surface area contributed by atoms with Crippen LogP contribution in [0.3, 0.4) is 0 Å². The van der Waals surface area contributed by atoms with Crippen molar-refractivity contribution in [3.05, 3.63) is 28.8 Å². The molecule has 2 rings (SSSR count). The van der Waals surface area contributed by atoms with Gasteiger partial charge in [0.15, 0.2) is 0 Å². The van der Waals surface area contributed by atoms with Gasteiger partial charge in [-0.05, 0) is 62.4 Å². The molecular weight excluding hydrogens is 307 g/mol. The minimum atomic E-state index is 0. The molecule has 0 saturated carbocycles. The van der Waals surface area contributed by atoms with E-state index in [1.165, 1.54) is 12.8 Å². The minimum Gasteiger partial charge on any atom is -0.326 e. The summed E-state index contributed by atoms with van der Waals surface area (Å²) in [7, 11) is 0. The molecular formula is C16H24Cl2N2O. The molecule has 1 heterocycles. The maximum absolute atomic E-state index is 12.1. The van der Waals surface area contributed by atoms with Crippen molar-refractivity contribution in [2.75, 3.05) is 18.4 Å². The first-order chi connectivity index (χ1) is 9.56. The summed E-state index contributed by atoms with van der Waals surface area (Å²) in [5, 5.41) is 7.03. The number of rotatable bonds is 4. The average molecular weight is 331 g/mol. The van der Waals surface area contributed by atoms with Crippen LogP contribution in [-0.4, -0.2) is 19.0 Å². The number of nitrogens with one attached hydrogen (secondary N) is 2. The number of aryl methyl sites for hydroxylation is 1. The van der Waals surface area contributed by atoms with E-state index in [0.717, 1.165) is 24.3 Å². The van der Waals surface area contributed by atoms with Crippen molar-refractivity contribution in [3.8, 4) is 0 Å². The predicted molar refractivity (Wildman–Crippen MR) is 91.4 cm³/mol. The second-order valence-corrected chi connectivity index (χ2v) is 6.21. The highest BCUT2D eigenvalue weighted by atomic mass is 35.5. The first kappa shape index (κ1) is 18.3. The van der Waals surface area contributed by atoms with E-state index in [0.29, 0.717) is 23.3 Å². The van der Waals surface area contributed by atoms with Gasteiger partial charge in [0.2, 0.25) is 5.91 Å². The summed E-state index contributed by atoms with van der Waals surface area (Å²) >= 11 is 6.07. The Kier molecular flexibility index (Phi) is 7.50. The fourth-order valence-corrected chi connectivity index (χ4v) is 2.89. The number of hydrogen-bond donors (Lipinski definition) is 2. The lowest BCUT2D eigenvalue weighted by atomic mass is 9.85. The van der Waals surface area contributed by atoms with E-state index in [4.69, 9.17) is 11.6 Å². The van der Waals surface area contributed by atoms with Crippen molar-refractivity contribution >= 4 is 35.6 Å². The third-order valence-electron chi connectivity index (χ3n) is 4.10. The normalized spacial score (nSPS) is 19.5. The second kappa shape index (κ2) is 8.62. The van der Waals surface area contributed by atoms with Crippen molar-refractivity contribution in [1.29, 1.82) is 0 Å². The molecule has 1 aromatic carbocycles. The first-order valence-corrected chi connectivity index (χ1v) is 7.71. The van der Waals surface area contributed by atoms with E-state index in [-0.39, 0.29) is 18.3 Å². The van der Waals surface area contributed by atoms with Crippen LogP contribution in [0.15, 0.2) is 18.2 Å². The highest BCUT2D eigenvalue weighted by Crippen LogP contribution is 2.24. The molecule has 0 bridgehead atoms. The Bertz CT molecular complexity index is 473. The molecule has 1 amide bonds. The number of carbonyl (C=O) groups excluding carboxylic acids is 1. The van der Waals surface area contributed by atoms with E-state index in [2.05, 4.69) is 17.6 Å². The fraction of sp³-hybridized carbons (Fsp3) is 0.562. The van der Waals surface area contributed by atoms with Crippen molar-refractivity contribution in [1.82, 2.24) is 5.32 Å². The van der Waals surface area contributed by atoms with E-state index < -0.39 is 0 Å². The summed E-state index contributed by atoms with van der Waals surface area (Å²) in [6.07, 6.45) is 3.00. The molecule has 3 nitrogen and oxygen atoms in total. The maximum atomic E-state index is 12.1. The van der Waals surface area contributed by atoms with Gasteiger partial charge in [-0.1, -0.05) is 24.6 Å². The molecule has 1 aliphatic rings. The zero-order valence-corrected chi connectivity index (χ0v) is 14.2. The highest BCUT2D eigenvalue weighted by molar-refractivity contribution is 6.31. The summed E-state index contributed by atoms with van der Waals surface area (Å²) < 4.78 is 0. The quantitative estimate of drug-likeness (QED) is 0.874. The van der Waals surface area contributed by atoms with Crippen LogP contribution >= 0.6 is 24.0 Å². The molecule has 0 radical (unpaired) electrons. The van der Waals surface area contributed by atoms with Gasteiger partial charge in [-0.15, -0.1) is 12.4 Å². The number of carbonyl (C=O) groups is 1. The fourth-order valence-electron chi connectivity index (χ4n) is 2.71. The Morgan fingerprint density at radius 2 is 2.29 bits per heavy atom. The minimum absolute atomic E-state index is 0. The summed E-state index contributed by atoms with van der Waals surface area (Å²) in [5.74, 6) is 1.09. The number of amides is 1. The number of benzene rings is 1. The van der Waals surface area contributed by atoms with E-state index in [1.807, 2.05) is 25.1 Å².